The molecular formula is C34H38HfN-3. The van der Waals surface area contributed by atoms with E-state index in [4.69, 9.17) is 5.32 Å². The van der Waals surface area contributed by atoms with Crippen LogP contribution in [0.25, 0.3) is 10.9 Å². The molecule has 1 nitrogen and oxygen atoms in total. The van der Waals surface area contributed by atoms with Crippen LogP contribution in [0.4, 0.5) is 5.69 Å². The summed E-state index contributed by atoms with van der Waals surface area (Å²) in [4.78, 5) is 0. The summed E-state index contributed by atoms with van der Waals surface area (Å²) in [7, 11) is 0. The summed E-state index contributed by atoms with van der Waals surface area (Å²) in [6, 6.07) is 26.5. The molecule has 0 aromatic heterocycles. The van der Waals surface area contributed by atoms with Gasteiger partial charge in [-0.2, -0.15) is 0 Å². The maximum atomic E-state index is 5.50. The number of hydrogen-bond donors (Lipinski definition) is 0. The quantitative estimate of drug-likeness (QED) is 0.181. The molecule has 186 valence electrons. The van der Waals surface area contributed by atoms with Crippen LogP contribution in [-0.4, -0.2) is 0 Å². The molecule has 1 unspecified atom stereocenters. The molecule has 0 aliphatic heterocycles. The molecule has 36 heavy (non-hydrogen) atoms. The van der Waals surface area contributed by atoms with Crippen LogP contribution in [0.15, 0.2) is 90.5 Å². The van der Waals surface area contributed by atoms with E-state index in [1.807, 2.05) is 18.2 Å². The molecule has 0 fully saturated rings. The Morgan fingerprint density at radius 2 is 1.39 bits per heavy atom. The molecule has 0 heterocycles. The third-order valence-corrected chi connectivity index (χ3v) is 6.20. The standard InChI is InChI=1S/C32H32N.2CH3.Hf/c1-22(2)28-19-12-20-29(23(3)4)32(28)33-31(30-18-10-9-13-24(30)5)27-17-11-16-26(21-27)25-14-7-6-8-15-25;;;/h6-14,16-20,22-23,31H,1-5H3;2*1H3;/q3*-1;. The molecule has 1 atom stereocenters. The van der Waals surface area contributed by atoms with Gasteiger partial charge in [0.1, 0.15) is 0 Å². The van der Waals surface area contributed by atoms with E-state index in [0.29, 0.717) is 11.8 Å². The summed E-state index contributed by atoms with van der Waals surface area (Å²) in [5.41, 5.74) is 9.35. The molecule has 0 saturated carbocycles. The third-order valence-electron chi connectivity index (χ3n) is 6.20. The molecule has 0 radical (unpaired) electrons. The van der Waals surface area contributed by atoms with Gasteiger partial charge in [0.15, 0.2) is 0 Å². The van der Waals surface area contributed by atoms with Gasteiger partial charge in [-0.15, -0.1) is 30.0 Å². The second-order valence-corrected chi connectivity index (χ2v) is 9.28. The number of hydrogen-bond acceptors (Lipinski definition) is 0. The first-order valence-corrected chi connectivity index (χ1v) is 11.8. The fourth-order valence-electron chi connectivity index (χ4n) is 4.35. The van der Waals surface area contributed by atoms with E-state index in [2.05, 4.69) is 114 Å². The SMILES string of the molecule is Cc1ccccc1C([N-]c1c(C(C)C)cccc1C(C)C)C1=CC=CC(c2[c-]cccc2)=[C+]1.[CH3-].[CH3-].[Hf]. The van der Waals surface area contributed by atoms with Crippen molar-refractivity contribution in [3.05, 3.63) is 151 Å². The molecule has 0 spiro atoms. The second kappa shape index (κ2) is 14.3. The Bertz CT molecular complexity index is 1170. The topological polar surface area (TPSA) is 14.1 Å². The summed E-state index contributed by atoms with van der Waals surface area (Å²) in [5, 5.41) is 5.50. The first kappa shape index (κ1) is 31.5. The minimum atomic E-state index is -0.132. The molecule has 0 bridgehead atoms. The number of aryl methyl sites for hydroxylation is 1. The van der Waals surface area contributed by atoms with E-state index in [1.54, 1.807) is 0 Å². The average Bonchev–Trinajstić information content (AvgIpc) is 2.83. The van der Waals surface area contributed by atoms with Crippen molar-refractivity contribution in [3.8, 4) is 0 Å². The Morgan fingerprint density at radius 1 is 0.778 bits per heavy atom. The normalized spacial score (nSPS) is 12.9. The van der Waals surface area contributed by atoms with Crippen LogP contribution in [0.1, 0.15) is 73.4 Å². The summed E-state index contributed by atoms with van der Waals surface area (Å²) in [6.07, 6.45) is 10.0. The van der Waals surface area contributed by atoms with Crippen LogP contribution in [0, 0.1) is 33.9 Å². The van der Waals surface area contributed by atoms with Crippen LogP contribution in [-0.2, 0) is 25.8 Å². The average molecular weight is 639 g/mol. The van der Waals surface area contributed by atoms with Crippen molar-refractivity contribution in [1.29, 1.82) is 0 Å². The minimum absolute atomic E-state index is 0. The molecule has 4 rings (SSSR count). The predicted molar refractivity (Wildman–Crippen MR) is 154 cm³/mol. The molecule has 3 aromatic rings. The number of rotatable bonds is 7. The first-order chi connectivity index (χ1) is 16.0. The van der Waals surface area contributed by atoms with Gasteiger partial charge in [-0.05, 0) is 42.5 Å². The van der Waals surface area contributed by atoms with Gasteiger partial charge in [-0.25, -0.2) is 0 Å². The van der Waals surface area contributed by atoms with Crippen molar-refractivity contribution in [3.63, 3.8) is 0 Å². The van der Waals surface area contributed by atoms with Gasteiger partial charge in [0, 0.05) is 38.0 Å². The van der Waals surface area contributed by atoms with Crippen molar-refractivity contribution in [2.75, 3.05) is 0 Å². The summed E-state index contributed by atoms with van der Waals surface area (Å²) < 4.78 is 0. The minimum Gasteiger partial charge on any atom is -0.672 e. The van der Waals surface area contributed by atoms with Crippen LogP contribution < -0.4 is 0 Å². The van der Waals surface area contributed by atoms with E-state index >= 15 is 0 Å². The smallest absolute Gasteiger partial charge is 0.0745 e. The van der Waals surface area contributed by atoms with E-state index in [0.717, 1.165) is 22.4 Å². The van der Waals surface area contributed by atoms with E-state index in [1.165, 1.54) is 22.3 Å². The predicted octanol–water partition coefficient (Wildman–Crippen LogP) is 10.1. The summed E-state index contributed by atoms with van der Waals surface area (Å²) in [5.74, 6) is 0.795. The molecule has 0 amide bonds. The molecule has 1 aliphatic carbocycles. The molecule has 0 saturated heterocycles. The number of nitrogens with zero attached hydrogens (tertiary/aromatic N) is 1. The van der Waals surface area contributed by atoms with Gasteiger partial charge in [-0.3, -0.25) is 0 Å². The second-order valence-electron chi connectivity index (χ2n) is 9.28. The molecule has 1 aliphatic rings. The zero-order valence-corrected chi connectivity index (χ0v) is 26.4. The number of para-hydroxylation sites is 1. The maximum absolute atomic E-state index is 5.50. The molecular weight excluding hydrogens is 601 g/mol. The van der Waals surface area contributed by atoms with Gasteiger partial charge >= 0.3 is 0 Å². The first-order valence-electron chi connectivity index (χ1n) is 11.8. The molecule has 0 N–H and O–H groups in total. The van der Waals surface area contributed by atoms with Gasteiger partial charge in [-0.1, -0.05) is 98.5 Å². The Balaban J connectivity index is 0.00000216. The molecule has 3 aromatic carbocycles. The van der Waals surface area contributed by atoms with Gasteiger partial charge in [0.05, 0.1) is 11.1 Å². The van der Waals surface area contributed by atoms with Crippen molar-refractivity contribution in [1.82, 2.24) is 0 Å². The molecule has 2 heteroatoms. The van der Waals surface area contributed by atoms with Crippen LogP contribution >= 0.6 is 0 Å². The van der Waals surface area contributed by atoms with Crippen LogP contribution in [0.5, 0.6) is 0 Å². The van der Waals surface area contributed by atoms with Gasteiger partial charge in [0.2, 0.25) is 0 Å². The Hall–Kier alpha value is -2.54. The van der Waals surface area contributed by atoms with Crippen molar-refractivity contribution >= 4 is 11.3 Å². The number of benzene rings is 3. The van der Waals surface area contributed by atoms with Crippen molar-refractivity contribution < 1.29 is 25.8 Å². The largest absolute Gasteiger partial charge is 0.672 e. The van der Waals surface area contributed by atoms with E-state index in [9.17, 15) is 0 Å². The van der Waals surface area contributed by atoms with Crippen molar-refractivity contribution in [2.24, 2.45) is 0 Å². The zero-order chi connectivity index (χ0) is 23.4. The Morgan fingerprint density at radius 3 is 1.97 bits per heavy atom. The van der Waals surface area contributed by atoms with Gasteiger partial charge in [0.25, 0.3) is 0 Å². The Kier molecular flexibility index (Phi) is 12.5. The summed E-state index contributed by atoms with van der Waals surface area (Å²) >= 11 is 0. The summed E-state index contributed by atoms with van der Waals surface area (Å²) in [6.45, 7) is 11.2. The third kappa shape index (κ3) is 7.02. The Labute approximate surface area is 239 Å². The fourth-order valence-corrected chi connectivity index (χ4v) is 4.35. The fraction of sp³-hybridized carbons (Fsp3) is 0.235. The van der Waals surface area contributed by atoms with Gasteiger partial charge < -0.3 is 20.2 Å². The number of allylic oxidation sites excluding steroid dienone is 4. The zero-order valence-electron chi connectivity index (χ0n) is 22.8. The maximum Gasteiger partial charge on any atom is 0.0745 e. The van der Waals surface area contributed by atoms with Crippen molar-refractivity contribution in [2.45, 2.75) is 52.5 Å². The van der Waals surface area contributed by atoms with Crippen LogP contribution in [0.2, 0.25) is 0 Å². The van der Waals surface area contributed by atoms with E-state index in [-0.39, 0.29) is 46.7 Å². The van der Waals surface area contributed by atoms with E-state index < -0.39 is 0 Å². The van der Waals surface area contributed by atoms with Crippen LogP contribution in [0.3, 0.4) is 0 Å². The monoisotopic (exact) mass is 640 g/mol.